The number of aromatic nitrogens is 2. The van der Waals surface area contributed by atoms with E-state index in [1.807, 2.05) is 64.0 Å². The molecular weight excluding hydrogens is 376 g/mol. The molecule has 0 saturated carbocycles. The smallest absolute Gasteiger partial charge is 0.272 e. The van der Waals surface area contributed by atoms with Crippen molar-refractivity contribution < 1.29 is 9.59 Å². The first-order chi connectivity index (χ1) is 14.6. The van der Waals surface area contributed by atoms with Gasteiger partial charge in [0.05, 0.1) is 11.6 Å². The van der Waals surface area contributed by atoms with Crippen LogP contribution in [0.2, 0.25) is 0 Å². The fraction of sp³-hybridized carbons (Fsp3) is 0.375. The molecule has 1 aliphatic rings. The summed E-state index contributed by atoms with van der Waals surface area (Å²) in [4.78, 5) is 32.6. The van der Waals surface area contributed by atoms with Crippen LogP contribution >= 0.6 is 0 Å². The zero-order valence-electron chi connectivity index (χ0n) is 17.5. The van der Waals surface area contributed by atoms with E-state index in [0.29, 0.717) is 30.3 Å². The van der Waals surface area contributed by atoms with Crippen molar-refractivity contribution in [2.45, 2.75) is 39.2 Å². The highest BCUT2D eigenvalue weighted by molar-refractivity contribution is 5.99. The van der Waals surface area contributed by atoms with Crippen molar-refractivity contribution in [1.82, 2.24) is 19.6 Å². The molecule has 1 aliphatic heterocycles. The molecule has 2 aromatic heterocycles. The Labute approximate surface area is 176 Å². The first-order valence-corrected chi connectivity index (χ1v) is 10.7. The predicted octanol–water partition coefficient (Wildman–Crippen LogP) is 4.09. The number of hydrogen-bond acceptors (Lipinski definition) is 3. The van der Waals surface area contributed by atoms with Crippen LogP contribution in [0, 0.1) is 5.92 Å². The quantitative estimate of drug-likeness (QED) is 0.673. The van der Waals surface area contributed by atoms with Gasteiger partial charge in [0.25, 0.3) is 11.8 Å². The minimum absolute atomic E-state index is 0.00792. The molecule has 30 heavy (non-hydrogen) atoms. The van der Waals surface area contributed by atoms with Gasteiger partial charge in [0.1, 0.15) is 5.82 Å². The first kappa shape index (κ1) is 20.1. The molecule has 0 bridgehead atoms. The number of likely N-dealkylation sites (tertiary alicyclic amines) is 1. The summed E-state index contributed by atoms with van der Waals surface area (Å²) < 4.78 is 1.96. The van der Waals surface area contributed by atoms with E-state index in [0.717, 1.165) is 30.6 Å². The highest BCUT2D eigenvalue weighted by Gasteiger charge is 2.34. The largest absolute Gasteiger partial charge is 0.350 e. The molecule has 0 radical (unpaired) electrons. The van der Waals surface area contributed by atoms with Crippen LogP contribution in [0.25, 0.3) is 5.52 Å². The molecule has 0 aliphatic carbocycles. The number of carbonyl (C=O) groups is 2. The molecule has 1 aromatic carbocycles. The number of nitrogens with zero attached hydrogens (tertiary/aromatic N) is 3. The number of hydrogen-bond donors (Lipinski definition) is 1. The summed E-state index contributed by atoms with van der Waals surface area (Å²) in [5.74, 6) is 1.01. The lowest BCUT2D eigenvalue weighted by atomic mass is 10.1. The maximum Gasteiger partial charge on any atom is 0.272 e. The number of imidazole rings is 1. The van der Waals surface area contributed by atoms with Gasteiger partial charge >= 0.3 is 0 Å². The molecular formula is C24H28N4O2. The lowest BCUT2D eigenvalue weighted by Crippen LogP contribution is -2.31. The van der Waals surface area contributed by atoms with Gasteiger partial charge in [-0.25, -0.2) is 4.98 Å². The van der Waals surface area contributed by atoms with Crippen molar-refractivity contribution >= 4 is 17.3 Å². The Morgan fingerprint density at radius 3 is 2.70 bits per heavy atom. The molecule has 2 atom stereocenters. The molecule has 1 fully saturated rings. The van der Waals surface area contributed by atoms with Crippen LogP contribution in [0.15, 0.2) is 54.7 Å². The summed E-state index contributed by atoms with van der Waals surface area (Å²) in [6.07, 6.45) is 4.68. The van der Waals surface area contributed by atoms with Gasteiger partial charge < -0.3 is 14.6 Å². The minimum Gasteiger partial charge on any atom is -0.350 e. The number of rotatable bonds is 6. The average molecular weight is 405 g/mol. The van der Waals surface area contributed by atoms with E-state index in [1.165, 1.54) is 0 Å². The van der Waals surface area contributed by atoms with Gasteiger partial charge in [-0.2, -0.15) is 0 Å². The van der Waals surface area contributed by atoms with Crippen molar-refractivity contribution in [2.24, 2.45) is 5.92 Å². The van der Waals surface area contributed by atoms with Crippen LogP contribution in [-0.4, -0.2) is 39.2 Å². The van der Waals surface area contributed by atoms with Gasteiger partial charge in [0.15, 0.2) is 5.69 Å². The van der Waals surface area contributed by atoms with Crippen LogP contribution < -0.4 is 5.32 Å². The van der Waals surface area contributed by atoms with E-state index < -0.39 is 0 Å². The Bertz CT molecular complexity index is 1040. The Morgan fingerprint density at radius 2 is 1.93 bits per heavy atom. The standard InChI is InChI=1S/C24H28N4O2/c1-3-17(2)16-25-23(29)21-19-12-7-8-14-27(19)22(26-21)20-13-9-15-28(20)24(30)18-10-5-4-6-11-18/h4-8,10-12,14,17,20H,3,9,13,15-16H2,1-2H3,(H,25,29). The third-order valence-electron chi connectivity index (χ3n) is 5.93. The molecule has 3 aromatic rings. The van der Waals surface area contributed by atoms with Crippen molar-refractivity contribution in [2.75, 3.05) is 13.1 Å². The minimum atomic E-state index is -0.163. The van der Waals surface area contributed by atoms with Crippen LogP contribution in [0.3, 0.4) is 0 Å². The highest BCUT2D eigenvalue weighted by atomic mass is 16.2. The number of nitrogens with one attached hydrogen (secondary N) is 1. The SMILES string of the molecule is CCC(C)CNC(=O)c1nc(C2CCCN2C(=O)c2ccccc2)n2ccccc12. The van der Waals surface area contributed by atoms with E-state index in [2.05, 4.69) is 19.2 Å². The average Bonchev–Trinajstić information content (AvgIpc) is 3.42. The number of amides is 2. The maximum atomic E-state index is 13.1. The molecule has 4 rings (SSSR count). The second-order valence-corrected chi connectivity index (χ2v) is 8.02. The highest BCUT2D eigenvalue weighted by Crippen LogP contribution is 2.33. The Hall–Kier alpha value is -3.15. The van der Waals surface area contributed by atoms with Crippen molar-refractivity contribution in [3.8, 4) is 0 Å². The maximum absolute atomic E-state index is 13.1. The Kier molecular flexibility index (Phi) is 5.84. The zero-order valence-corrected chi connectivity index (χ0v) is 17.5. The summed E-state index contributed by atoms with van der Waals surface area (Å²) in [7, 11) is 0. The van der Waals surface area contributed by atoms with Gasteiger partial charge in [0.2, 0.25) is 0 Å². The zero-order chi connectivity index (χ0) is 21.1. The summed E-state index contributed by atoms with van der Waals surface area (Å²) in [6.45, 7) is 5.54. The molecule has 6 heteroatoms. The second-order valence-electron chi connectivity index (χ2n) is 8.02. The van der Waals surface area contributed by atoms with Gasteiger partial charge in [-0.1, -0.05) is 44.5 Å². The molecule has 6 nitrogen and oxygen atoms in total. The molecule has 156 valence electrons. The predicted molar refractivity (Wildman–Crippen MR) is 116 cm³/mol. The van der Waals surface area contributed by atoms with Gasteiger partial charge in [-0.05, 0) is 43.0 Å². The monoisotopic (exact) mass is 404 g/mol. The molecule has 1 N–H and O–H groups in total. The number of benzene rings is 1. The van der Waals surface area contributed by atoms with Gasteiger partial charge in [-0.3, -0.25) is 9.59 Å². The number of fused-ring (bicyclic) bond motifs is 1. The molecule has 3 heterocycles. The molecule has 1 saturated heterocycles. The number of pyridine rings is 1. The first-order valence-electron chi connectivity index (χ1n) is 10.7. The van der Waals surface area contributed by atoms with Crippen molar-refractivity contribution in [3.63, 3.8) is 0 Å². The van der Waals surface area contributed by atoms with Crippen molar-refractivity contribution in [1.29, 1.82) is 0 Å². The molecule has 0 spiro atoms. The third kappa shape index (κ3) is 3.82. The van der Waals surface area contributed by atoms with Crippen LogP contribution in [-0.2, 0) is 0 Å². The molecule has 2 unspecified atom stereocenters. The summed E-state index contributed by atoms with van der Waals surface area (Å²) in [5, 5.41) is 3.01. The normalized spacial score (nSPS) is 17.3. The fourth-order valence-electron chi connectivity index (χ4n) is 3.98. The summed E-state index contributed by atoms with van der Waals surface area (Å²) in [5.41, 5.74) is 1.87. The Morgan fingerprint density at radius 1 is 1.17 bits per heavy atom. The fourth-order valence-corrected chi connectivity index (χ4v) is 3.98. The van der Waals surface area contributed by atoms with Crippen LogP contribution in [0.5, 0.6) is 0 Å². The molecule has 2 amide bonds. The third-order valence-corrected chi connectivity index (χ3v) is 5.93. The van der Waals surface area contributed by atoms with E-state index in [-0.39, 0.29) is 17.9 Å². The lowest BCUT2D eigenvalue weighted by Gasteiger charge is -2.24. The van der Waals surface area contributed by atoms with E-state index in [9.17, 15) is 9.59 Å². The topological polar surface area (TPSA) is 66.7 Å². The summed E-state index contributed by atoms with van der Waals surface area (Å²) in [6, 6.07) is 14.9. The lowest BCUT2D eigenvalue weighted by molar-refractivity contribution is 0.0729. The van der Waals surface area contributed by atoms with Crippen LogP contribution in [0.1, 0.15) is 65.8 Å². The second kappa shape index (κ2) is 8.69. The van der Waals surface area contributed by atoms with Gasteiger partial charge in [-0.15, -0.1) is 0 Å². The van der Waals surface area contributed by atoms with E-state index in [1.54, 1.807) is 0 Å². The number of carbonyl (C=O) groups excluding carboxylic acids is 2. The van der Waals surface area contributed by atoms with E-state index >= 15 is 0 Å². The van der Waals surface area contributed by atoms with E-state index in [4.69, 9.17) is 4.98 Å². The van der Waals surface area contributed by atoms with Crippen molar-refractivity contribution in [3.05, 3.63) is 71.8 Å². The Balaban J connectivity index is 1.67. The van der Waals surface area contributed by atoms with Gasteiger partial charge in [0, 0.05) is 24.8 Å². The summed E-state index contributed by atoms with van der Waals surface area (Å²) >= 11 is 0. The van der Waals surface area contributed by atoms with Crippen LogP contribution in [0.4, 0.5) is 0 Å².